The van der Waals surface area contributed by atoms with E-state index in [0.29, 0.717) is 17.4 Å². The maximum absolute atomic E-state index is 13.5. The Labute approximate surface area is 439 Å². The van der Waals surface area contributed by atoms with Crippen LogP contribution in [0.25, 0.3) is 0 Å². The molecule has 0 spiro atoms. The van der Waals surface area contributed by atoms with E-state index in [1.807, 2.05) is 33.3 Å². The third kappa shape index (κ3) is 52.6. The summed E-state index contributed by atoms with van der Waals surface area (Å²) in [6, 6.07) is -0.894. The molecule has 0 fully saturated rings. The topological polar surface area (TPSA) is 114 Å². The first kappa shape index (κ1) is 69.0. The van der Waals surface area contributed by atoms with Crippen molar-refractivity contribution in [2.75, 3.05) is 40.9 Å². The average Bonchev–Trinajstić information content (AvgIpc) is 3.33. The van der Waals surface area contributed by atoms with E-state index < -0.39 is 26.6 Å². The van der Waals surface area contributed by atoms with Gasteiger partial charge in [0.2, 0.25) is 5.91 Å². The van der Waals surface area contributed by atoms with Gasteiger partial charge in [-0.05, 0) is 83.1 Å². The minimum absolute atomic E-state index is 0.0250. The second kappa shape index (κ2) is 51.5. The van der Waals surface area contributed by atoms with Crippen LogP contribution in [0.15, 0.2) is 48.6 Å². The molecule has 0 saturated heterocycles. The van der Waals surface area contributed by atoms with Crippen molar-refractivity contribution in [3.05, 3.63) is 48.6 Å². The molecule has 1 amide bonds. The number of amides is 1. The van der Waals surface area contributed by atoms with E-state index in [1.165, 1.54) is 154 Å². The lowest BCUT2D eigenvalue weighted by molar-refractivity contribution is -0.870. The summed E-state index contributed by atoms with van der Waals surface area (Å²) in [5, 5.41) is 3.02. The molecule has 416 valence electrons. The van der Waals surface area contributed by atoms with Gasteiger partial charge in [-0.15, -0.1) is 0 Å². The summed E-state index contributed by atoms with van der Waals surface area (Å²) >= 11 is 0. The summed E-state index contributed by atoms with van der Waals surface area (Å²) in [7, 11) is 1.18. The third-order valence-electron chi connectivity index (χ3n) is 13.3. The summed E-state index contributed by atoms with van der Waals surface area (Å²) in [6.07, 6.45) is 62.1. The normalized spacial score (nSPS) is 14.1. The molecule has 0 heterocycles. The summed E-state index contributed by atoms with van der Waals surface area (Å²) in [5.41, 5.74) is 0. The van der Waals surface area contributed by atoms with Crippen LogP contribution in [0.1, 0.15) is 278 Å². The fourth-order valence-corrected chi connectivity index (χ4v) is 9.29. The highest BCUT2D eigenvalue weighted by molar-refractivity contribution is 7.45. The number of nitrogens with one attached hydrogen (secondary N) is 1. The largest absolute Gasteiger partial charge is 0.756 e. The van der Waals surface area contributed by atoms with Gasteiger partial charge in [-0.2, -0.15) is 0 Å². The number of allylic oxidation sites excluding steroid dienone is 7. The number of hydrogen-bond donors (Lipinski definition) is 1. The van der Waals surface area contributed by atoms with Crippen LogP contribution in [-0.4, -0.2) is 69.4 Å². The van der Waals surface area contributed by atoms with Gasteiger partial charge in [-0.3, -0.25) is 14.2 Å². The predicted molar refractivity (Wildman–Crippen MR) is 302 cm³/mol. The van der Waals surface area contributed by atoms with Gasteiger partial charge in [0.1, 0.15) is 19.3 Å². The first-order valence-corrected chi connectivity index (χ1v) is 31.4. The number of ether oxygens (including phenoxy) is 1. The van der Waals surface area contributed by atoms with E-state index in [0.717, 1.165) is 89.9 Å². The number of rotatable bonds is 54. The van der Waals surface area contributed by atoms with Gasteiger partial charge in [-0.25, -0.2) is 0 Å². The monoisotopic (exact) mass is 1020 g/mol. The fourth-order valence-electron chi connectivity index (χ4n) is 8.57. The summed E-state index contributed by atoms with van der Waals surface area (Å²) in [4.78, 5) is 39.9. The van der Waals surface area contributed by atoms with Crippen LogP contribution < -0.4 is 10.2 Å². The van der Waals surface area contributed by atoms with Crippen LogP contribution in [0, 0.1) is 0 Å². The van der Waals surface area contributed by atoms with Crippen LogP contribution in [0.2, 0.25) is 0 Å². The van der Waals surface area contributed by atoms with Gasteiger partial charge in [0.25, 0.3) is 7.82 Å². The second-order valence-corrected chi connectivity index (χ2v) is 22.9. The molecule has 0 bridgehead atoms. The summed E-state index contributed by atoms with van der Waals surface area (Å²) < 4.78 is 30.3. The maximum Gasteiger partial charge on any atom is 0.306 e. The standard InChI is InChI=1S/C61H115N2O7P/c1-7-10-13-16-19-22-25-28-30-31-33-35-38-41-44-47-50-53-60(64)62-58(57-69-71(66,67)68-56-55-63(4,5)6)59(52-49-46-43-40-37-34-27-24-21-18-15-12-9-3)70-61(65)54-51-48-45-42-39-36-32-29-26-23-20-17-14-11-8-2/h20,23,26,28-30,49,52,58-59H,7-19,21-22,24-25,27,31-48,50-51,53-57H2,1-6H3,(H-,62,64,66,67)/b23-20+,29-26+,30-28+,52-49+. The van der Waals surface area contributed by atoms with Crippen molar-refractivity contribution in [1.82, 2.24) is 5.32 Å². The number of carbonyl (C=O) groups is 2. The van der Waals surface area contributed by atoms with Gasteiger partial charge >= 0.3 is 5.97 Å². The highest BCUT2D eigenvalue weighted by Crippen LogP contribution is 2.38. The molecule has 0 rings (SSSR count). The minimum Gasteiger partial charge on any atom is -0.756 e. The first-order valence-electron chi connectivity index (χ1n) is 30.0. The Morgan fingerprint density at radius 1 is 0.493 bits per heavy atom. The van der Waals surface area contributed by atoms with Gasteiger partial charge in [0, 0.05) is 12.8 Å². The highest BCUT2D eigenvalue weighted by Gasteiger charge is 2.27. The molecule has 0 aliphatic carbocycles. The maximum atomic E-state index is 13.5. The Balaban J connectivity index is 5.35. The van der Waals surface area contributed by atoms with Crippen molar-refractivity contribution in [2.45, 2.75) is 290 Å². The Bertz CT molecular complexity index is 1360. The molecule has 0 aliphatic heterocycles. The fraction of sp³-hybridized carbons (Fsp3) is 0.836. The lowest BCUT2D eigenvalue weighted by Gasteiger charge is -2.30. The number of phosphoric ester groups is 1. The SMILES string of the molecule is CCCCC/C=C/C=C/CCCCCCCCC(=O)OC(/C=C/CCCCCCCCCCCCC)C(COP(=O)([O-])OCC[N+](C)(C)C)NC(=O)CCCCCCCCC/C=C/CCCCCCCC. The van der Waals surface area contributed by atoms with E-state index >= 15 is 0 Å². The number of nitrogens with zero attached hydrogens (tertiary/aromatic N) is 1. The molecule has 9 nitrogen and oxygen atoms in total. The van der Waals surface area contributed by atoms with Gasteiger partial charge < -0.3 is 28.5 Å². The Hall–Kier alpha value is -2.03. The molecule has 0 aromatic carbocycles. The van der Waals surface area contributed by atoms with Crippen LogP contribution in [0.3, 0.4) is 0 Å². The minimum atomic E-state index is -4.70. The molecule has 1 N–H and O–H groups in total. The molecule has 0 saturated carbocycles. The van der Waals surface area contributed by atoms with Crippen molar-refractivity contribution in [1.29, 1.82) is 0 Å². The van der Waals surface area contributed by atoms with Crippen molar-refractivity contribution in [3.63, 3.8) is 0 Å². The van der Waals surface area contributed by atoms with E-state index in [4.69, 9.17) is 13.8 Å². The van der Waals surface area contributed by atoms with Crippen molar-refractivity contribution in [3.8, 4) is 0 Å². The Kier molecular flexibility index (Phi) is 50.0. The van der Waals surface area contributed by atoms with E-state index in [-0.39, 0.29) is 24.9 Å². The van der Waals surface area contributed by atoms with Gasteiger partial charge in [0.05, 0.1) is 33.8 Å². The molecular weight excluding hydrogens is 904 g/mol. The molecule has 71 heavy (non-hydrogen) atoms. The molecule has 0 aliphatic rings. The number of carbonyl (C=O) groups excluding carboxylic acids is 2. The molecule has 3 unspecified atom stereocenters. The number of quaternary nitrogens is 1. The zero-order chi connectivity index (χ0) is 52.2. The van der Waals surface area contributed by atoms with Crippen LogP contribution in [0.4, 0.5) is 0 Å². The van der Waals surface area contributed by atoms with Crippen molar-refractivity contribution < 1.29 is 37.3 Å². The van der Waals surface area contributed by atoms with Gasteiger partial charge in [-0.1, -0.05) is 230 Å². The number of unbranched alkanes of at least 4 members (excludes halogenated alkanes) is 33. The van der Waals surface area contributed by atoms with Crippen molar-refractivity contribution in [2.24, 2.45) is 0 Å². The molecule has 0 aromatic rings. The zero-order valence-corrected chi connectivity index (χ0v) is 48.3. The summed E-state index contributed by atoms with van der Waals surface area (Å²) in [5.74, 6) is -0.553. The lowest BCUT2D eigenvalue weighted by Crippen LogP contribution is -2.47. The third-order valence-corrected chi connectivity index (χ3v) is 14.2. The first-order chi connectivity index (χ1) is 34.4. The number of esters is 1. The van der Waals surface area contributed by atoms with Crippen LogP contribution >= 0.6 is 7.82 Å². The molecule has 3 atom stereocenters. The number of phosphoric acid groups is 1. The van der Waals surface area contributed by atoms with Crippen molar-refractivity contribution >= 4 is 19.7 Å². The van der Waals surface area contributed by atoms with E-state index in [1.54, 1.807) is 0 Å². The zero-order valence-electron chi connectivity index (χ0n) is 47.4. The molecule has 0 aromatic heterocycles. The Morgan fingerprint density at radius 2 is 0.859 bits per heavy atom. The van der Waals surface area contributed by atoms with E-state index in [2.05, 4.69) is 62.5 Å². The molecular formula is C61H115N2O7P. The highest BCUT2D eigenvalue weighted by atomic mass is 31.2. The van der Waals surface area contributed by atoms with Crippen LogP contribution in [-0.2, 0) is 27.9 Å². The smallest absolute Gasteiger partial charge is 0.306 e. The predicted octanol–water partition coefficient (Wildman–Crippen LogP) is 17.5. The summed E-state index contributed by atoms with van der Waals surface area (Å²) in [6.45, 7) is 6.81. The van der Waals surface area contributed by atoms with Gasteiger partial charge in [0.15, 0.2) is 0 Å². The number of hydrogen-bond acceptors (Lipinski definition) is 7. The second-order valence-electron chi connectivity index (χ2n) is 21.5. The number of likely N-dealkylation sites (N-methyl/N-ethyl adjacent to an activating group) is 1. The molecule has 0 radical (unpaired) electrons. The lowest BCUT2D eigenvalue weighted by atomic mass is 10.0. The van der Waals surface area contributed by atoms with Crippen LogP contribution in [0.5, 0.6) is 0 Å². The molecule has 10 heteroatoms. The van der Waals surface area contributed by atoms with E-state index in [9.17, 15) is 19.0 Å². The Morgan fingerprint density at radius 3 is 1.31 bits per heavy atom. The quantitative estimate of drug-likeness (QED) is 0.0161. The average molecular weight is 1020 g/mol.